The van der Waals surface area contributed by atoms with Gasteiger partial charge in [-0.1, -0.05) is 23.6 Å². The molecule has 0 fully saturated rings. The summed E-state index contributed by atoms with van der Waals surface area (Å²) in [4.78, 5) is 11.5. The molecule has 11 nitrogen and oxygen atoms in total. The Kier molecular flexibility index (Phi) is 9.85. The third-order valence-electron chi connectivity index (χ3n) is 4.95. The third-order valence-corrected chi connectivity index (χ3v) is 8.26. The first-order valence-corrected chi connectivity index (χ1v) is 13.6. The van der Waals surface area contributed by atoms with E-state index >= 15 is 0 Å². The molecule has 0 saturated heterocycles. The number of carboxylic acids is 1. The highest BCUT2D eigenvalue weighted by Crippen LogP contribution is 2.19. The number of carbonyl (C=O) groups is 1. The first-order valence-electron chi connectivity index (χ1n) is 10.7. The molecule has 5 N–H and O–H groups in total. The number of nitrogens with zero attached hydrogens (tertiary/aromatic N) is 1. The maximum atomic E-state index is 12.9. The molecule has 0 heterocycles. The number of carboxylic acid groups (broad SMARTS) is 1. The average molecular weight is 537 g/mol. The van der Waals surface area contributed by atoms with Gasteiger partial charge in [0.2, 0.25) is 16.0 Å². The van der Waals surface area contributed by atoms with Gasteiger partial charge >= 0.3 is 5.97 Å². The second-order valence-corrected chi connectivity index (χ2v) is 11.2. The van der Waals surface area contributed by atoms with Gasteiger partial charge in [0.25, 0.3) is 10.0 Å². The SMILES string of the molecule is CC#CCOc1ccc(S(=O)(=O)NC(CCCN(C(=N)N)S(=O)(=O)c2ccc(C)cc2)C(=O)O)cc1. The Morgan fingerprint density at radius 2 is 1.69 bits per heavy atom. The average Bonchev–Trinajstić information content (AvgIpc) is 2.81. The third kappa shape index (κ3) is 7.70. The molecule has 36 heavy (non-hydrogen) atoms. The summed E-state index contributed by atoms with van der Waals surface area (Å²) < 4.78 is 59.2. The first kappa shape index (κ1) is 28.6. The lowest BCUT2D eigenvalue weighted by Crippen LogP contribution is -2.44. The molecule has 0 amide bonds. The largest absolute Gasteiger partial charge is 0.481 e. The van der Waals surface area contributed by atoms with Crippen LogP contribution in [0.15, 0.2) is 58.3 Å². The fourth-order valence-corrected chi connectivity index (χ4v) is 5.63. The van der Waals surface area contributed by atoms with Crippen LogP contribution in [-0.2, 0) is 24.8 Å². The minimum absolute atomic E-state index is 0.0760. The van der Waals surface area contributed by atoms with E-state index in [0.29, 0.717) is 10.1 Å². The lowest BCUT2D eigenvalue weighted by Gasteiger charge is -2.23. The van der Waals surface area contributed by atoms with E-state index in [-0.39, 0.29) is 35.8 Å². The first-order chi connectivity index (χ1) is 16.9. The van der Waals surface area contributed by atoms with Gasteiger partial charge in [0.05, 0.1) is 9.79 Å². The Morgan fingerprint density at radius 3 is 2.22 bits per heavy atom. The van der Waals surface area contributed by atoms with Crippen molar-refractivity contribution in [2.75, 3.05) is 13.2 Å². The second kappa shape index (κ2) is 12.4. The minimum Gasteiger partial charge on any atom is -0.481 e. The number of nitrogens with one attached hydrogen (secondary N) is 2. The summed E-state index contributed by atoms with van der Waals surface area (Å²) in [6.07, 6.45) is -0.339. The van der Waals surface area contributed by atoms with Gasteiger partial charge in [-0.15, -0.1) is 5.92 Å². The fourth-order valence-electron chi connectivity index (χ4n) is 3.04. The molecule has 2 aromatic carbocycles. The quantitative estimate of drug-likeness (QED) is 0.179. The van der Waals surface area contributed by atoms with Crippen LogP contribution in [-0.4, -0.2) is 57.4 Å². The van der Waals surface area contributed by atoms with Gasteiger partial charge in [-0.25, -0.2) is 21.1 Å². The predicted molar refractivity (Wildman–Crippen MR) is 133 cm³/mol. The zero-order valence-electron chi connectivity index (χ0n) is 19.8. The summed E-state index contributed by atoms with van der Waals surface area (Å²) in [6, 6.07) is 9.77. The summed E-state index contributed by atoms with van der Waals surface area (Å²) in [7, 11) is -8.35. The highest BCUT2D eigenvalue weighted by atomic mass is 32.2. The molecule has 13 heteroatoms. The van der Waals surface area contributed by atoms with Crippen molar-refractivity contribution in [2.45, 2.75) is 42.5 Å². The van der Waals surface area contributed by atoms with Crippen LogP contribution in [0.3, 0.4) is 0 Å². The van der Waals surface area contributed by atoms with Crippen molar-refractivity contribution in [2.24, 2.45) is 5.73 Å². The maximum Gasteiger partial charge on any atom is 0.321 e. The van der Waals surface area contributed by atoms with Gasteiger partial charge in [0.15, 0.2) is 0 Å². The highest BCUT2D eigenvalue weighted by Gasteiger charge is 2.28. The van der Waals surface area contributed by atoms with Crippen LogP contribution >= 0.6 is 0 Å². The van der Waals surface area contributed by atoms with E-state index in [1.165, 1.54) is 36.4 Å². The van der Waals surface area contributed by atoms with Crippen LogP contribution in [0.1, 0.15) is 25.3 Å². The van der Waals surface area contributed by atoms with Crippen LogP contribution in [0.5, 0.6) is 5.75 Å². The molecule has 1 atom stereocenters. The molecule has 194 valence electrons. The molecule has 0 aromatic heterocycles. The number of hydrogen-bond acceptors (Lipinski definition) is 7. The molecule has 2 rings (SSSR count). The second-order valence-electron chi connectivity index (χ2n) is 7.62. The molecule has 0 bridgehead atoms. The lowest BCUT2D eigenvalue weighted by molar-refractivity contribution is -0.139. The number of sulfonamides is 2. The number of ether oxygens (including phenoxy) is 1. The van der Waals surface area contributed by atoms with E-state index in [4.69, 9.17) is 15.9 Å². The number of aliphatic carboxylic acids is 1. The molecule has 2 aromatic rings. The van der Waals surface area contributed by atoms with Gasteiger partial charge < -0.3 is 15.6 Å². The predicted octanol–water partition coefficient (Wildman–Crippen LogP) is 1.49. The number of guanidine groups is 1. The molecular weight excluding hydrogens is 508 g/mol. The smallest absolute Gasteiger partial charge is 0.321 e. The van der Waals surface area contributed by atoms with Crippen LogP contribution in [0.4, 0.5) is 0 Å². The van der Waals surface area contributed by atoms with Crippen LogP contribution < -0.4 is 15.2 Å². The molecular formula is C23H28N4O7S2. The summed E-state index contributed by atoms with van der Waals surface area (Å²) in [6.45, 7) is 3.27. The molecule has 0 aliphatic rings. The molecule has 0 aliphatic carbocycles. The van der Waals surface area contributed by atoms with E-state index in [1.807, 2.05) is 0 Å². The van der Waals surface area contributed by atoms with Crippen molar-refractivity contribution < 1.29 is 31.5 Å². The van der Waals surface area contributed by atoms with Gasteiger partial charge in [0.1, 0.15) is 18.4 Å². The monoisotopic (exact) mass is 536 g/mol. The normalized spacial score (nSPS) is 12.2. The number of nitrogens with two attached hydrogens (primary N) is 1. The Bertz CT molecular complexity index is 1350. The number of hydrogen-bond donors (Lipinski definition) is 4. The molecule has 0 radical (unpaired) electrons. The Hall–Kier alpha value is -3.60. The zero-order valence-corrected chi connectivity index (χ0v) is 21.4. The fraction of sp³-hybridized carbons (Fsp3) is 0.304. The number of rotatable bonds is 12. The van der Waals surface area contributed by atoms with E-state index in [1.54, 1.807) is 26.0 Å². The summed E-state index contributed by atoms with van der Waals surface area (Å²) >= 11 is 0. The van der Waals surface area contributed by atoms with E-state index in [0.717, 1.165) is 5.56 Å². The van der Waals surface area contributed by atoms with Crippen LogP contribution in [0, 0.1) is 24.2 Å². The topological polar surface area (TPSA) is 180 Å². The van der Waals surface area contributed by atoms with Gasteiger partial charge in [-0.3, -0.25) is 10.2 Å². The summed E-state index contributed by atoms with van der Waals surface area (Å²) in [5, 5.41) is 17.2. The number of aryl methyl sites for hydroxylation is 1. The Morgan fingerprint density at radius 1 is 1.11 bits per heavy atom. The maximum absolute atomic E-state index is 12.9. The molecule has 0 spiro atoms. The summed E-state index contributed by atoms with van der Waals surface area (Å²) in [5.41, 5.74) is 6.32. The van der Waals surface area contributed by atoms with E-state index < -0.39 is 38.0 Å². The van der Waals surface area contributed by atoms with Crippen molar-refractivity contribution in [1.29, 1.82) is 5.41 Å². The van der Waals surface area contributed by atoms with Crippen molar-refractivity contribution in [3.05, 3.63) is 54.1 Å². The molecule has 1 unspecified atom stereocenters. The minimum atomic E-state index is -4.20. The Labute approximate surface area is 210 Å². The molecule has 0 aliphatic heterocycles. The van der Waals surface area contributed by atoms with Crippen LogP contribution in [0.2, 0.25) is 0 Å². The standard InChI is InChI=1S/C23H28N4O7S2/c1-3-4-16-34-18-9-13-19(14-10-18)35(30,31)26-21(22(28)29)6-5-15-27(23(24)25)36(32,33)20-11-7-17(2)8-12-20/h7-14,21,26H,5-6,15-16H2,1-2H3,(H3,24,25)(H,28,29). The van der Waals surface area contributed by atoms with Crippen molar-refractivity contribution in [1.82, 2.24) is 9.03 Å². The molecule has 0 saturated carbocycles. The summed E-state index contributed by atoms with van der Waals surface area (Å²) in [5.74, 6) is 3.58. The van der Waals surface area contributed by atoms with E-state index in [9.17, 15) is 26.7 Å². The Balaban J connectivity index is 2.09. The van der Waals surface area contributed by atoms with Crippen molar-refractivity contribution in [3.8, 4) is 17.6 Å². The van der Waals surface area contributed by atoms with E-state index in [2.05, 4.69) is 16.6 Å². The van der Waals surface area contributed by atoms with Gasteiger partial charge in [0, 0.05) is 6.54 Å². The van der Waals surface area contributed by atoms with Crippen molar-refractivity contribution >= 4 is 32.0 Å². The van der Waals surface area contributed by atoms with Gasteiger partial charge in [-0.05, 0) is 63.1 Å². The van der Waals surface area contributed by atoms with Crippen LogP contribution in [0.25, 0.3) is 0 Å². The zero-order chi connectivity index (χ0) is 26.9. The lowest BCUT2D eigenvalue weighted by atomic mass is 10.2. The highest BCUT2D eigenvalue weighted by molar-refractivity contribution is 7.90. The number of benzene rings is 2. The van der Waals surface area contributed by atoms with Gasteiger partial charge in [-0.2, -0.15) is 4.72 Å². The van der Waals surface area contributed by atoms with Crippen molar-refractivity contribution in [3.63, 3.8) is 0 Å².